The van der Waals surface area contributed by atoms with E-state index in [1.54, 1.807) is 0 Å². The normalized spacial score (nSPS) is 15.9. The quantitative estimate of drug-likeness (QED) is 0.0972. The number of hydrogen-bond acceptors (Lipinski definition) is 4. The molecule has 48 heavy (non-hydrogen) atoms. The molecule has 0 fully saturated rings. The summed E-state index contributed by atoms with van der Waals surface area (Å²) in [6.45, 7) is 8.77. The molecule has 6 rings (SSSR count). The van der Waals surface area contributed by atoms with Crippen molar-refractivity contribution in [3.05, 3.63) is 137 Å². The number of aryl methyl sites for hydroxylation is 2. The van der Waals surface area contributed by atoms with E-state index in [2.05, 4.69) is 85.6 Å². The van der Waals surface area contributed by atoms with Gasteiger partial charge in [-0.1, -0.05) is 93.4 Å². The first-order valence-corrected chi connectivity index (χ1v) is 17.3. The summed E-state index contributed by atoms with van der Waals surface area (Å²) in [5.41, 5.74) is 9.40. The van der Waals surface area contributed by atoms with Crippen molar-refractivity contribution in [2.45, 2.75) is 77.9 Å². The second kappa shape index (κ2) is 14.9. The summed E-state index contributed by atoms with van der Waals surface area (Å²) >= 11 is 0. The molecule has 1 atom stereocenters. The largest absolute Gasteiger partial charge is 0.494 e. The highest BCUT2D eigenvalue weighted by Crippen LogP contribution is 2.41. The average Bonchev–Trinajstić information content (AvgIpc) is 3.66. The number of allylic oxidation sites excluding steroid dienone is 1. The van der Waals surface area contributed by atoms with Gasteiger partial charge in [0.2, 0.25) is 5.72 Å². The monoisotopic (exact) mass is 638 g/mol. The number of aromatic amines is 1. The number of nitrogens with one attached hydrogen (secondary N) is 1. The van der Waals surface area contributed by atoms with Crippen molar-refractivity contribution in [2.24, 2.45) is 4.99 Å². The Bertz CT molecular complexity index is 1820. The van der Waals surface area contributed by atoms with Crippen molar-refractivity contribution in [1.82, 2.24) is 4.98 Å². The molecular formula is C43H46N2O3. The number of para-hydroxylation sites is 1. The zero-order valence-electron chi connectivity index (χ0n) is 28.6. The van der Waals surface area contributed by atoms with E-state index in [1.807, 2.05) is 56.5 Å². The first-order valence-electron chi connectivity index (χ1n) is 17.3. The van der Waals surface area contributed by atoms with Crippen LogP contribution in [0.1, 0.15) is 81.5 Å². The fraction of sp³-hybridized carbons (Fsp3) is 0.302. The zero-order chi connectivity index (χ0) is 33.5. The Morgan fingerprint density at radius 2 is 1.46 bits per heavy atom. The predicted molar refractivity (Wildman–Crippen MR) is 197 cm³/mol. The molecule has 0 radical (unpaired) electrons. The summed E-state index contributed by atoms with van der Waals surface area (Å²) < 4.78 is 12.0. The molecule has 0 saturated carbocycles. The van der Waals surface area contributed by atoms with E-state index in [4.69, 9.17) is 14.5 Å². The van der Waals surface area contributed by atoms with Crippen LogP contribution in [0, 0.1) is 0 Å². The van der Waals surface area contributed by atoms with Crippen LogP contribution in [-0.2, 0) is 22.4 Å². The number of esters is 1. The minimum atomic E-state index is -1.03. The van der Waals surface area contributed by atoms with E-state index < -0.39 is 5.72 Å². The number of carbonyl (C=O) groups is 1. The lowest BCUT2D eigenvalue weighted by Crippen LogP contribution is -2.29. The van der Waals surface area contributed by atoms with Gasteiger partial charge in [-0.25, -0.2) is 4.99 Å². The third-order valence-electron chi connectivity index (χ3n) is 9.40. The molecule has 1 aromatic heterocycles. The summed E-state index contributed by atoms with van der Waals surface area (Å²) in [6.07, 6.45) is 7.09. The third kappa shape index (κ3) is 7.46. The molecule has 0 saturated heterocycles. The standard InChI is InChI=1S/C43H46N2O3/c1-5-10-31-15-19-34(20-16-31)42(35-21-17-32(11-6-2)18-22-35)38-29-44-43(4,30(38)3)48-41(46)14-9-27-47-37-25-23-33(24-26-37)40-28-36-12-7-8-13-39(36)45-40/h7-8,12-13,15-26,28-29,42,45H,5-6,9-11,14,27H2,1-4H3. The molecule has 4 aromatic carbocycles. The Balaban J connectivity index is 1.08. The summed E-state index contributed by atoms with van der Waals surface area (Å²) in [5.74, 6) is 0.490. The number of rotatable bonds is 14. The lowest BCUT2D eigenvalue weighted by Gasteiger charge is -2.26. The highest BCUT2D eigenvalue weighted by atomic mass is 16.6. The Morgan fingerprint density at radius 1 is 0.833 bits per heavy atom. The molecule has 2 heterocycles. The van der Waals surface area contributed by atoms with Crippen LogP contribution < -0.4 is 4.74 Å². The smallest absolute Gasteiger partial charge is 0.308 e. The number of nitrogens with zero attached hydrogens (tertiary/aromatic N) is 1. The van der Waals surface area contributed by atoms with Crippen LogP contribution in [0.2, 0.25) is 0 Å². The maximum atomic E-state index is 13.1. The summed E-state index contributed by atoms with van der Waals surface area (Å²) in [7, 11) is 0. The fourth-order valence-corrected chi connectivity index (χ4v) is 6.57. The van der Waals surface area contributed by atoms with Crippen molar-refractivity contribution in [3.63, 3.8) is 0 Å². The van der Waals surface area contributed by atoms with Gasteiger partial charge >= 0.3 is 5.97 Å². The molecular weight excluding hydrogens is 592 g/mol. The molecule has 0 bridgehead atoms. The van der Waals surface area contributed by atoms with E-state index in [0.717, 1.165) is 59.4 Å². The van der Waals surface area contributed by atoms with Crippen molar-refractivity contribution in [1.29, 1.82) is 0 Å². The third-order valence-corrected chi connectivity index (χ3v) is 9.40. The molecule has 5 nitrogen and oxygen atoms in total. The van der Waals surface area contributed by atoms with Gasteiger partial charge in [-0.15, -0.1) is 0 Å². The Morgan fingerprint density at radius 3 is 2.06 bits per heavy atom. The number of fused-ring (bicyclic) bond motifs is 1. The van der Waals surface area contributed by atoms with Gasteiger partial charge in [-0.3, -0.25) is 4.79 Å². The van der Waals surface area contributed by atoms with Crippen LogP contribution in [0.25, 0.3) is 22.2 Å². The van der Waals surface area contributed by atoms with Gasteiger partial charge in [0.1, 0.15) is 5.75 Å². The van der Waals surface area contributed by atoms with Crippen LogP contribution in [0.3, 0.4) is 0 Å². The van der Waals surface area contributed by atoms with Crippen molar-refractivity contribution in [3.8, 4) is 17.0 Å². The highest BCUT2D eigenvalue weighted by Gasteiger charge is 2.38. The minimum absolute atomic E-state index is 0.00326. The van der Waals surface area contributed by atoms with E-state index >= 15 is 0 Å². The molecule has 1 N–H and O–H groups in total. The second-order valence-corrected chi connectivity index (χ2v) is 13.0. The average molecular weight is 639 g/mol. The van der Waals surface area contributed by atoms with Gasteiger partial charge in [0.05, 0.1) is 6.61 Å². The van der Waals surface area contributed by atoms with Crippen molar-refractivity contribution < 1.29 is 14.3 Å². The van der Waals surface area contributed by atoms with Crippen LogP contribution in [0.4, 0.5) is 0 Å². The van der Waals surface area contributed by atoms with Gasteiger partial charge in [0, 0.05) is 42.1 Å². The topological polar surface area (TPSA) is 63.7 Å². The number of hydrogen-bond donors (Lipinski definition) is 1. The van der Waals surface area contributed by atoms with Crippen LogP contribution >= 0.6 is 0 Å². The maximum Gasteiger partial charge on any atom is 0.308 e. The number of H-pyrrole nitrogens is 1. The van der Waals surface area contributed by atoms with Crippen LogP contribution in [-0.4, -0.2) is 29.5 Å². The lowest BCUT2D eigenvalue weighted by molar-refractivity contribution is -0.154. The molecule has 1 unspecified atom stereocenters. The van der Waals surface area contributed by atoms with Gasteiger partial charge in [0.25, 0.3) is 0 Å². The van der Waals surface area contributed by atoms with Gasteiger partial charge in [-0.05, 0) is 102 Å². The summed E-state index contributed by atoms with van der Waals surface area (Å²) in [5, 5.41) is 1.19. The number of ether oxygens (including phenoxy) is 2. The zero-order valence-corrected chi connectivity index (χ0v) is 28.6. The van der Waals surface area contributed by atoms with E-state index in [-0.39, 0.29) is 18.3 Å². The molecule has 1 aliphatic heterocycles. The van der Waals surface area contributed by atoms with E-state index in [0.29, 0.717) is 13.0 Å². The molecule has 1 aliphatic rings. The number of aromatic nitrogens is 1. The minimum Gasteiger partial charge on any atom is -0.494 e. The Labute approximate surface area is 284 Å². The first-order chi connectivity index (χ1) is 23.4. The predicted octanol–water partition coefficient (Wildman–Crippen LogP) is 10.4. The molecule has 0 amide bonds. The Kier molecular flexibility index (Phi) is 10.2. The van der Waals surface area contributed by atoms with Gasteiger partial charge in [-0.2, -0.15) is 0 Å². The Hall–Kier alpha value is -4.90. The molecule has 0 spiro atoms. The lowest BCUT2D eigenvalue weighted by atomic mass is 9.82. The number of carbonyl (C=O) groups excluding carboxylic acids is 1. The highest BCUT2D eigenvalue weighted by molar-refractivity contribution is 5.88. The van der Waals surface area contributed by atoms with Gasteiger partial charge in [0.15, 0.2) is 0 Å². The van der Waals surface area contributed by atoms with E-state index in [9.17, 15) is 4.79 Å². The fourth-order valence-electron chi connectivity index (χ4n) is 6.57. The summed E-state index contributed by atoms with van der Waals surface area (Å²) in [6, 6.07) is 36.3. The molecule has 0 aliphatic carbocycles. The number of benzene rings is 4. The van der Waals surface area contributed by atoms with Crippen molar-refractivity contribution in [2.75, 3.05) is 6.61 Å². The maximum absolute atomic E-state index is 13.1. The van der Waals surface area contributed by atoms with Gasteiger partial charge < -0.3 is 14.5 Å². The molecule has 246 valence electrons. The van der Waals surface area contributed by atoms with Crippen molar-refractivity contribution >= 4 is 23.1 Å². The number of aliphatic imine (C=N–C) groups is 1. The molecule has 5 aromatic rings. The van der Waals surface area contributed by atoms with E-state index in [1.165, 1.54) is 27.6 Å². The second-order valence-electron chi connectivity index (χ2n) is 13.0. The van der Waals surface area contributed by atoms with Crippen LogP contribution in [0.5, 0.6) is 5.75 Å². The van der Waals surface area contributed by atoms with Crippen LogP contribution in [0.15, 0.2) is 119 Å². The molecule has 5 heteroatoms. The summed E-state index contributed by atoms with van der Waals surface area (Å²) in [4.78, 5) is 21.3. The first kappa shape index (κ1) is 33.0. The SMILES string of the molecule is CCCc1ccc(C(C2=C(C)C(C)(OC(=O)CCCOc3ccc(-c4cc5ccccc5[nH]4)cc3)N=C2)c2ccc(CCC)cc2)cc1.